The zero-order valence-corrected chi connectivity index (χ0v) is 16.9. The third-order valence-corrected chi connectivity index (χ3v) is 4.85. The van der Waals surface area contributed by atoms with E-state index in [1.807, 2.05) is 31.2 Å². The highest BCUT2D eigenvalue weighted by atomic mass is 16.7. The Morgan fingerprint density at radius 1 is 1.13 bits per heavy atom. The minimum absolute atomic E-state index is 0.0104. The van der Waals surface area contributed by atoms with Gasteiger partial charge >= 0.3 is 0 Å². The summed E-state index contributed by atoms with van der Waals surface area (Å²) in [5.41, 5.74) is 1.75. The summed E-state index contributed by atoms with van der Waals surface area (Å²) in [6, 6.07) is 11.1. The summed E-state index contributed by atoms with van der Waals surface area (Å²) in [5, 5.41) is 9.64. The largest absolute Gasteiger partial charge is 0.493 e. The molecule has 2 N–H and O–H groups in total. The van der Waals surface area contributed by atoms with E-state index in [-0.39, 0.29) is 31.0 Å². The van der Waals surface area contributed by atoms with Gasteiger partial charge in [-0.3, -0.25) is 15.2 Å². The third-order valence-electron chi connectivity index (χ3n) is 4.85. The minimum Gasteiger partial charge on any atom is -0.493 e. The van der Waals surface area contributed by atoms with Crippen LogP contribution in [0.1, 0.15) is 24.8 Å². The molecule has 2 aromatic carbocycles. The Morgan fingerprint density at radius 3 is 2.73 bits per heavy atom. The molecule has 0 aliphatic carbocycles. The van der Waals surface area contributed by atoms with E-state index < -0.39 is 0 Å². The van der Waals surface area contributed by atoms with Crippen LogP contribution in [0.25, 0.3) is 11.4 Å². The van der Waals surface area contributed by atoms with Crippen molar-refractivity contribution in [2.75, 3.05) is 26.3 Å². The lowest BCUT2D eigenvalue weighted by Gasteiger charge is -2.11. The van der Waals surface area contributed by atoms with Crippen molar-refractivity contribution in [2.45, 2.75) is 19.3 Å². The predicted octanol–water partition coefficient (Wildman–Crippen LogP) is 3.35. The van der Waals surface area contributed by atoms with Gasteiger partial charge in [-0.1, -0.05) is 13.0 Å². The highest BCUT2D eigenvalue weighted by Gasteiger charge is 2.18. The Kier molecular flexibility index (Phi) is 5.42. The number of hydrogen-bond donors (Lipinski definition) is 2. The number of anilines is 1. The summed E-state index contributed by atoms with van der Waals surface area (Å²) in [5.74, 6) is 3.15. The molecule has 9 nitrogen and oxygen atoms in total. The summed E-state index contributed by atoms with van der Waals surface area (Å²) in [6.45, 7) is 2.20. The van der Waals surface area contributed by atoms with Gasteiger partial charge in [0.15, 0.2) is 28.8 Å². The highest BCUT2D eigenvalue weighted by molar-refractivity contribution is 5.89. The first-order valence-corrected chi connectivity index (χ1v) is 9.41. The number of carbonyl (C=O) groups excluding carboxylic acids is 1. The maximum Gasteiger partial charge on any atom is 0.249 e. The van der Waals surface area contributed by atoms with E-state index in [0.717, 1.165) is 16.9 Å². The van der Waals surface area contributed by atoms with E-state index in [9.17, 15) is 4.79 Å². The molecule has 1 amide bonds. The lowest BCUT2D eigenvalue weighted by Crippen LogP contribution is -2.15. The molecule has 4 rings (SSSR count). The van der Waals surface area contributed by atoms with Crippen LogP contribution in [0.4, 0.5) is 5.95 Å². The topological polar surface area (TPSA) is 108 Å². The number of H-pyrrole nitrogens is 1. The monoisotopic (exact) mass is 410 g/mol. The lowest BCUT2D eigenvalue weighted by molar-refractivity contribution is -0.116. The number of aromatic nitrogens is 3. The van der Waals surface area contributed by atoms with Crippen LogP contribution in [-0.4, -0.2) is 42.1 Å². The quantitative estimate of drug-likeness (QED) is 0.615. The lowest BCUT2D eigenvalue weighted by atomic mass is 9.97. The standard InChI is InChI=1S/C21H22N4O5/c1-12(13-4-7-16-18(9-13)30-11-29-16)8-19(26)22-21-23-20(24-25-21)14-5-6-15(27-2)17(10-14)28-3/h4-7,9-10,12H,8,11H2,1-3H3,(H2,22,23,24,25,26)/t12-/m0/s1. The molecule has 3 aromatic rings. The van der Waals surface area contributed by atoms with Crippen LogP contribution >= 0.6 is 0 Å². The van der Waals surface area contributed by atoms with Crippen molar-refractivity contribution in [1.82, 2.24) is 15.2 Å². The highest BCUT2D eigenvalue weighted by Crippen LogP contribution is 2.35. The van der Waals surface area contributed by atoms with Gasteiger partial charge in [0.2, 0.25) is 18.6 Å². The molecule has 0 bridgehead atoms. The molecular weight excluding hydrogens is 388 g/mol. The second-order valence-corrected chi connectivity index (χ2v) is 6.84. The van der Waals surface area contributed by atoms with Crippen molar-refractivity contribution < 1.29 is 23.7 Å². The number of nitrogens with zero attached hydrogens (tertiary/aromatic N) is 2. The fourth-order valence-corrected chi connectivity index (χ4v) is 3.22. The number of benzene rings is 2. The van der Waals surface area contributed by atoms with Crippen molar-refractivity contribution in [3.8, 4) is 34.4 Å². The van der Waals surface area contributed by atoms with Crippen molar-refractivity contribution in [3.63, 3.8) is 0 Å². The predicted molar refractivity (Wildman–Crippen MR) is 109 cm³/mol. The van der Waals surface area contributed by atoms with E-state index in [0.29, 0.717) is 23.1 Å². The van der Waals surface area contributed by atoms with E-state index in [1.165, 1.54) is 0 Å². The Bertz CT molecular complexity index is 1070. The van der Waals surface area contributed by atoms with Crippen LogP contribution in [0.15, 0.2) is 36.4 Å². The molecule has 1 aliphatic rings. The molecule has 0 radical (unpaired) electrons. The first kappa shape index (κ1) is 19.6. The summed E-state index contributed by atoms with van der Waals surface area (Å²) < 4.78 is 21.3. The van der Waals surface area contributed by atoms with Gasteiger partial charge in [-0.2, -0.15) is 4.98 Å². The molecule has 1 atom stereocenters. The van der Waals surface area contributed by atoms with Crippen molar-refractivity contribution >= 4 is 11.9 Å². The zero-order chi connectivity index (χ0) is 21.1. The average Bonchev–Trinajstić information content (AvgIpc) is 3.41. The van der Waals surface area contributed by atoms with Crippen LogP contribution in [0, 0.1) is 0 Å². The summed E-state index contributed by atoms with van der Waals surface area (Å²) in [4.78, 5) is 16.8. The van der Waals surface area contributed by atoms with Gasteiger partial charge in [-0.25, -0.2) is 0 Å². The number of aromatic amines is 1. The molecule has 30 heavy (non-hydrogen) atoms. The normalized spacial score (nSPS) is 13.0. The Hall–Kier alpha value is -3.75. The molecule has 1 aliphatic heterocycles. The zero-order valence-electron chi connectivity index (χ0n) is 16.9. The molecule has 0 saturated carbocycles. The average molecular weight is 410 g/mol. The number of carbonyl (C=O) groups is 1. The van der Waals surface area contributed by atoms with Gasteiger partial charge in [-0.15, -0.1) is 5.10 Å². The van der Waals surface area contributed by atoms with E-state index in [4.69, 9.17) is 18.9 Å². The Balaban J connectivity index is 1.40. The number of nitrogens with one attached hydrogen (secondary N) is 2. The van der Waals surface area contributed by atoms with Crippen LogP contribution in [0.5, 0.6) is 23.0 Å². The van der Waals surface area contributed by atoms with Gasteiger partial charge in [0, 0.05) is 12.0 Å². The van der Waals surface area contributed by atoms with Gasteiger partial charge in [0.05, 0.1) is 14.2 Å². The Labute approximate surface area is 173 Å². The number of rotatable bonds is 7. The van der Waals surface area contributed by atoms with E-state index >= 15 is 0 Å². The van der Waals surface area contributed by atoms with Crippen molar-refractivity contribution in [3.05, 3.63) is 42.0 Å². The fraction of sp³-hybridized carbons (Fsp3) is 0.286. The number of ether oxygens (including phenoxy) is 4. The SMILES string of the molecule is COc1ccc(-c2nc(NC(=O)C[C@H](C)c3ccc4c(c3)OCO4)n[nH]2)cc1OC. The van der Waals surface area contributed by atoms with Crippen LogP contribution in [0.2, 0.25) is 0 Å². The van der Waals surface area contributed by atoms with Crippen LogP contribution in [0.3, 0.4) is 0 Å². The smallest absolute Gasteiger partial charge is 0.249 e. The van der Waals surface area contributed by atoms with Gasteiger partial charge in [0.1, 0.15) is 0 Å². The molecule has 156 valence electrons. The van der Waals surface area contributed by atoms with Crippen LogP contribution < -0.4 is 24.3 Å². The number of fused-ring (bicyclic) bond motifs is 1. The first-order valence-electron chi connectivity index (χ1n) is 9.41. The maximum atomic E-state index is 12.5. The first-order chi connectivity index (χ1) is 14.6. The number of hydrogen-bond acceptors (Lipinski definition) is 7. The molecule has 9 heteroatoms. The van der Waals surface area contributed by atoms with Gasteiger partial charge in [-0.05, 0) is 41.8 Å². The third kappa shape index (κ3) is 4.00. The van der Waals surface area contributed by atoms with Crippen molar-refractivity contribution in [1.29, 1.82) is 0 Å². The Morgan fingerprint density at radius 2 is 1.93 bits per heavy atom. The van der Waals surface area contributed by atoms with Gasteiger partial charge < -0.3 is 18.9 Å². The summed E-state index contributed by atoms with van der Waals surface area (Å²) in [7, 11) is 3.14. The molecule has 0 saturated heterocycles. The minimum atomic E-state index is -0.182. The number of methoxy groups -OCH3 is 2. The van der Waals surface area contributed by atoms with Crippen molar-refractivity contribution in [2.24, 2.45) is 0 Å². The second kappa shape index (κ2) is 8.32. The molecular formula is C21H22N4O5. The second-order valence-electron chi connectivity index (χ2n) is 6.84. The molecule has 0 unspecified atom stereocenters. The molecule has 1 aromatic heterocycles. The molecule has 2 heterocycles. The van der Waals surface area contributed by atoms with Crippen LogP contribution in [-0.2, 0) is 4.79 Å². The van der Waals surface area contributed by atoms with E-state index in [2.05, 4.69) is 20.5 Å². The summed E-state index contributed by atoms with van der Waals surface area (Å²) in [6.07, 6.45) is 0.278. The molecule has 0 spiro atoms. The fourth-order valence-electron chi connectivity index (χ4n) is 3.22. The summed E-state index contributed by atoms with van der Waals surface area (Å²) >= 11 is 0. The molecule has 0 fully saturated rings. The van der Waals surface area contributed by atoms with Gasteiger partial charge in [0.25, 0.3) is 0 Å². The van der Waals surface area contributed by atoms with E-state index in [1.54, 1.807) is 26.4 Å². The maximum absolute atomic E-state index is 12.5. The number of amides is 1.